The molecule has 0 aliphatic carbocycles. The summed E-state index contributed by atoms with van der Waals surface area (Å²) in [7, 11) is 1.77. The molecule has 6 nitrogen and oxygen atoms in total. The van der Waals surface area contributed by atoms with Gasteiger partial charge in [-0.3, -0.25) is 9.59 Å². The fourth-order valence-electron chi connectivity index (χ4n) is 3.09. The van der Waals surface area contributed by atoms with Crippen LogP contribution in [0, 0.1) is 0 Å². The van der Waals surface area contributed by atoms with Crippen LogP contribution in [0.2, 0.25) is 0 Å². The third kappa shape index (κ3) is 6.74. The number of nitrogens with one attached hydrogen (secondary N) is 2. The lowest BCUT2D eigenvalue weighted by Crippen LogP contribution is -2.26. The van der Waals surface area contributed by atoms with Crippen molar-refractivity contribution in [2.45, 2.75) is 6.54 Å². The Bertz CT molecular complexity index is 1050. The molecule has 0 unspecified atom stereocenters. The second-order valence-electron chi connectivity index (χ2n) is 7.25. The van der Waals surface area contributed by atoms with Gasteiger partial charge >= 0.3 is 0 Å². The van der Waals surface area contributed by atoms with Gasteiger partial charge in [-0.05, 0) is 48.0 Å². The first kappa shape index (κ1) is 22.6. The minimum Gasteiger partial charge on any atom is -0.490 e. The number of anilines is 2. The highest BCUT2D eigenvalue weighted by atomic mass is 16.5. The Balaban J connectivity index is 1.52. The van der Waals surface area contributed by atoms with Crippen molar-refractivity contribution in [2.24, 2.45) is 0 Å². The van der Waals surface area contributed by atoms with Crippen molar-refractivity contribution in [3.05, 3.63) is 103 Å². The van der Waals surface area contributed by atoms with E-state index < -0.39 is 0 Å². The summed E-state index contributed by atoms with van der Waals surface area (Å²) in [5.74, 6) is 0.433. The van der Waals surface area contributed by atoms with Gasteiger partial charge < -0.3 is 20.3 Å². The van der Waals surface area contributed by atoms with Gasteiger partial charge in [0.25, 0.3) is 5.91 Å². The van der Waals surface area contributed by atoms with E-state index in [1.807, 2.05) is 36.4 Å². The first-order valence-corrected chi connectivity index (χ1v) is 10.3. The number of ether oxygens (including phenoxy) is 1. The molecule has 0 aliphatic rings. The monoisotopic (exact) mass is 429 g/mol. The minimum absolute atomic E-state index is 0.0756. The summed E-state index contributed by atoms with van der Waals surface area (Å²) in [6.45, 7) is 4.64. The van der Waals surface area contributed by atoms with E-state index in [9.17, 15) is 9.59 Å². The topological polar surface area (TPSA) is 70.7 Å². The average molecular weight is 430 g/mol. The van der Waals surface area contributed by atoms with E-state index in [0.717, 1.165) is 5.56 Å². The molecular formula is C26H27N3O3. The zero-order valence-electron chi connectivity index (χ0n) is 18.1. The summed E-state index contributed by atoms with van der Waals surface area (Å²) in [6.07, 6.45) is 1.67. The van der Waals surface area contributed by atoms with Gasteiger partial charge in [0.1, 0.15) is 12.4 Å². The van der Waals surface area contributed by atoms with E-state index in [1.165, 1.54) is 0 Å². The number of hydrogen-bond acceptors (Lipinski definition) is 4. The van der Waals surface area contributed by atoms with Gasteiger partial charge in [0.2, 0.25) is 5.91 Å². The zero-order valence-corrected chi connectivity index (χ0v) is 18.1. The van der Waals surface area contributed by atoms with Crippen LogP contribution in [0.3, 0.4) is 0 Å². The third-order valence-corrected chi connectivity index (χ3v) is 4.68. The Labute approximate surface area is 188 Å². The second kappa shape index (κ2) is 11.4. The molecule has 0 atom stereocenters. The molecule has 0 heterocycles. The first-order chi connectivity index (χ1) is 15.5. The number of amides is 2. The van der Waals surface area contributed by atoms with Crippen molar-refractivity contribution in [3.8, 4) is 5.75 Å². The van der Waals surface area contributed by atoms with E-state index in [0.29, 0.717) is 35.8 Å². The van der Waals surface area contributed by atoms with Crippen molar-refractivity contribution in [1.29, 1.82) is 0 Å². The molecule has 0 bridgehead atoms. The molecule has 0 radical (unpaired) electrons. The fourth-order valence-corrected chi connectivity index (χ4v) is 3.09. The molecule has 3 rings (SSSR count). The molecule has 3 aromatic rings. The van der Waals surface area contributed by atoms with Crippen molar-refractivity contribution < 1.29 is 14.3 Å². The van der Waals surface area contributed by atoms with Crippen LogP contribution in [-0.4, -0.2) is 36.9 Å². The van der Waals surface area contributed by atoms with Crippen molar-refractivity contribution in [1.82, 2.24) is 4.90 Å². The molecule has 0 aliphatic heterocycles. The average Bonchev–Trinajstić information content (AvgIpc) is 2.82. The molecular weight excluding hydrogens is 402 g/mol. The van der Waals surface area contributed by atoms with Crippen LogP contribution in [0.1, 0.15) is 15.9 Å². The highest BCUT2D eigenvalue weighted by Crippen LogP contribution is 2.16. The molecule has 164 valence electrons. The summed E-state index contributed by atoms with van der Waals surface area (Å²) < 4.78 is 5.43. The minimum atomic E-state index is -0.192. The molecule has 0 saturated heterocycles. The van der Waals surface area contributed by atoms with Gasteiger partial charge in [0.15, 0.2) is 0 Å². The summed E-state index contributed by atoms with van der Waals surface area (Å²) in [5.41, 5.74) is 3.00. The lowest BCUT2D eigenvalue weighted by molar-refractivity contribution is -0.114. The molecule has 0 spiro atoms. The quantitative estimate of drug-likeness (QED) is 0.463. The smallest absolute Gasteiger partial charge is 0.253 e. The molecule has 32 heavy (non-hydrogen) atoms. The number of hydrogen-bond donors (Lipinski definition) is 2. The largest absolute Gasteiger partial charge is 0.490 e. The van der Waals surface area contributed by atoms with Crippen LogP contribution in [0.5, 0.6) is 5.75 Å². The fraction of sp³-hybridized carbons (Fsp3) is 0.154. The maximum atomic E-state index is 12.8. The van der Waals surface area contributed by atoms with Crippen LogP contribution < -0.4 is 15.4 Å². The zero-order chi connectivity index (χ0) is 22.8. The maximum Gasteiger partial charge on any atom is 0.253 e. The highest BCUT2D eigenvalue weighted by molar-refractivity contribution is 5.96. The van der Waals surface area contributed by atoms with Gasteiger partial charge in [-0.15, -0.1) is 0 Å². The predicted molar refractivity (Wildman–Crippen MR) is 128 cm³/mol. The summed E-state index contributed by atoms with van der Waals surface area (Å²) >= 11 is 0. The van der Waals surface area contributed by atoms with Crippen LogP contribution in [0.25, 0.3) is 0 Å². The van der Waals surface area contributed by atoms with Gasteiger partial charge in [-0.2, -0.15) is 0 Å². The van der Waals surface area contributed by atoms with E-state index in [-0.39, 0.29) is 18.4 Å². The van der Waals surface area contributed by atoms with Crippen LogP contribution in [0.15, 0.2) is 91.5 Å². The lowest BCUT2D eigenvalue weighted by Gasteiger charge is -2.18. The van der Waals surface area contributed by atoms with E-state index in [2.05, 4.69) is 17.2 Å². The van der Waals surface area contributed by atoms with E-state index in [4.69, 9.17) is 4.74 Å². The Morgan fingerprint density at radius 3 is 2.44 bits per heavy atom. The van der Waals surface area contributed by atoms with E-state index >= 15 is 0 Å². The molecule has 0 aromatic heterocycles. The third-order valence-electron chi connectivity index (χ3n) is 4.68. The first-order valence-electron chi connectivity index (χ1n) is 10.3. The Morgan fingerprint density at radius 1 is 0.969 bits per heavy atom. The van der Waals surface area contributed by atoms with Crippen molar-refractivity contribution in [3.63, 3.8) is 0 Å². The SMILES string of the molecule is C=CCOc1ccc(NC(=O)CNc2cccc(C(=O)N(C)Cc3ccccc3)c2)cc1. The molecule has 2 N–H and O–H groups in total. The summed E-state index contributed by atoms with van der Waals surface area (Å²) in [6, 6.07) is 24.1. The second-order valence-corrected chi connectivity index (χ2v) is 7.25. The number of carbonyl (C=O) groups is 2. The van der Waals surface area contributed by atoms with Gasteiger partial charge in [-0.25, -0.2) is 0 Å². The van der Waals surface area contributed by atoms with Gasteiger partial charge in [-0.1, -0.05) is 49.1 Å². The van der Waals surface area contributed by atoms with Crippen molar-refractivity contribution >= 4 is 23.2 Å². The number of carbonyl (C=O) groups excluding carboxylic acids is 2. The van der Waals surface area contributed by atoms with Crippen LogP contribution in [-0.2, 0) is 11.3 Å². The van der Waals surface area contributed by atoms with Gasteiger partial charge in [0.05, 0.1) is 6.54 Å². The molecule has 3 aromatic carbocycles. The molecule has 0 saturated carbocycles. The normalized spacial score (nSPS) is 10.2. The standard InChI is InChI=1S/C26H27N3O3/c1-3-16-32-24-14-12-22(13-15-24)28-25(30)18-27-23-11-7-10-21(17-23)26(31)29(2)19-20-8-5-4-6-9-20/h3-15,17,27H,1,16,18-19H2,2H3,(H,28,30). The molecule has 0 fully saturated rings. The van der Waals surface area contributed by atoms with Crippen LogP contribution in [0.4, 0.5) is 11.4 Å². The number of nitrogens with zero attached hydrogens (tertiary/aromatic N) is 1. The number of rotatable bonds is 10. The predicted octanol–water partition coefficient (Wildman–Crippen LogP) is 4.57. The number of benzene rings is 3. The summed E-state index contributed by atoms with van der Waals surface area (Å²) in [5, 5.41) is 5.90. The summed E-state index contributed by atoms with van der Waals surface area (Å²) in [4.78, 5) is 26.7. The Hall–Kier alpha value is -4.06. The molecule has 6 heteroatoms. The van der Waals surface area contributed by atoms with Crippen LogP contribution >= 0.6 is 0 Å². The Morgan fingerprint density at radius 2 is 1.72 bits per heavy atom. The molecule has 2 amide bonds. The highest BCUT2D eigenvalue weighted by Gasteiger charge is 2.13. The van der Waals surface area contributed by atoms with E-state index in [1.54, 1.807) is 60.5 Å². The maximum absolute atomic E-state index is 12.8. The van der Waals surface area contributed by atoms with Crippen molar-refractivity contribution in [2.75, 3.05) is 30.8 Å². The lowest BCUT2D eigenvalue weighted by atomic mass is 10.1. The van der Waals surface area contributed by atoms with Gasteiger partial charge in [0, 0.05) is 30.5 Å². The Kier molecular flexibility index (Phi) is 8.03.